The van der Waals surface area contributed by atoms with Gasteiger partial charge in [0.1, 0.15) is 0 Å². The van der Waals surface area contributed by atoms with Crippen LogP contribution in [0.15, 0.2) is 53.9 Å². The second kappa shape index (κ2) is 8.50. The molecular weight excluding hydrogens is 370 g/mol. The largest absolute Gasteiger partial charge is 0.353 e. The molecule has 0 atom stereocenters. The molecule has 0 radical (unpaired) electrons. The van der Waals surface area contributed by atoms with Crippen LogP contribution in [0.25, 0.3) is 11.3 Å². The summed E-state index contributed by atoms with van der Waals surface area (Å²) in [6.45, 7) is 4.01. The Hall–Kier alpha value is -2.77. The lowest BCUT2D eigenvalue weighted by molar-refractivity contribution is -0.115. The van der Waals surface area contributed by atoms with Gasteiger partial charge in [-0.15, -0.1) is 21.5 Å². The number of carbonyl (C=O) groups is 1. The van der Waals surface area contributed by atoms with Crippen molar-refractivity contribution in [3.63, 3.8) is 0 Å². The molecule has 1 saturated heterocycles. The minimum atomic E-state index is -0.0175. The number of anilines is 2. The molecule has 144 valence electrons. The van der Waals surface area contributed by atoms with Crippen molar-refractivity contribution in [1.29, 1.82) is 0 Å². The van der Waals surface area contributed by atoms with Gasteiger partial charge < -0.3 is 15.1 Å². The molecule has 0 spiro atoms. The number of hydrogen-bond donors (Lipinski definition) is 1. The summed E-state index contributed by atoms with van der Waals surface area (Å²) >= 11 is 1.59. The average Bonchev–Trinajstić information content (AvgIpc) is 3.22. The maximum absolute atomic E-state index is 12.2. The number of likely N-dealkylation sites (N-methyl/N-ethyl adjacent to an activating group) is 1. The Morgan fingerprint density at radius 3 is 2.64 bits per heavy atom. The minimum Gasteiger partial charge on any atom is -0.353 e. The van der Waals surface area contributed by atoms with Crippen LogP contribution in [-0.4, -0.2) is 54.2 Å². The molecule has 0 unspecified atom stereocenters. The molecule has 0 bridgehead atoms. The Morgan fingerprint density at radius 1 is 1.07 bits per heavy atom. The highest BCUT2D eigenvalue weighted by molar-refractivity contribution is 7.10. The molecule has 0 aliphatic carbocycles. The van der Waals surface area contributed by atoms with Crippen molar-refractivity contribution in [2.24, 2.45) is 0 Å². The zero-order valence-corrected chi connectivity index (χ0v) is 16.7. The van der Waals surface area contributed by atoms with E-state index in [9.17, 15) is 4.79 Å². The van der Waals surface area contributed by atoms with Crippen molar-refractivity contribution >= 4 is 28.7 Å². The number of thiophene rings is 1. The maximum Gasteiger partial charge on any atom is 0.229 e. The van der Waals surface area contributed by atoms with Gasteiger partial charge in [0, 0.05) is 42.3 Å². The van der Waals surface area contributed by atoms with Crippen LogP contribution < -0.4 is 10.2 Å². The lowest BCUT2D eigenvalue weighted by atomic mass is 10.1. The summed E-state index contributed by atoms with van der Waals surface area (Å²) in [5, 5.41) is 13.8. The number of aromatic nitrogens is 2. The van der Waals surface area contributed by atoms with Gasteiger partial charge in [-0.2, -0.15) is 0 Å². The number of carbonyl (C=O) groups excluding carboxylic acids is 1. The standard InChI is InChI=1S/C21H23N5OS/c1-25-9-11-26(12-10-25)20-8-7-19(23-24-20)16-4-2-5-17(14-16)22-21(27)15-18-6-3-13-28-18/h2-8,13-14H,9-12,15H2,1H3,(H,22,27). The molecule has 1 amide bonds. The zero-order valence-electron chi connectivity index (χ0n) is 15.8. The first-order valence-electron chi connectivity index (χ1n) is 9.37. The smallest absolute Gasteiger partial charge is 0.229 e. The van der Waals surface area contributed by atoms with E-state index in [1.54, 1.807) is 11.3 Å². The Kier molecular flexibility index (Phi) is 5.64. The van der Waals surface area contributed by atoms with Crippen molar-refractivity contribution in [3.05, 3.63) is 58.8 Å². The third-order valence-electron chi connectivity index (χ3n) is 4.83. The molecule has 28 heavy (non-hydrogen) atoms. The molecule has 6 nitrogen and oxygen atoms in total. The Labute approximate surface area is 168 Å². The second-order valence-corrected chi connectivity index (χ2v) is 7.98. The van der Waals surface area contributed by atoms with Crippen molar-refractivity contribution in [1.82, 2.24) is 15.1 Å². The van der Waals surface area contributed by atoms with Gasteiger partial charge in [-0.3, -0.25) is 4.79 Å². The topological polar surface area (TPSA) is 61.4 Å². The normalized spacial score (nSPS) is 14.8. The Balaban J connectivity index is 1.43. The fourth-order valence-electron chi connectivity index (χ4n) is 3.22. The first-order valence-corrected chi connectivity index (χ1v) is 10.3. The van der Waals surface area contributed by atoms with Crippen molar-refractivity contribution < 1.29 is 4.79 Å². The van der Waals surface area contributed by atoms with Crippen LogP contribution >= 0.6 is 11.3 Å². The summed E-state index contributed by atoms with van der Waals surface area (Å²) in [6, 6.07) is 15.7. The van der Waals surface area contributed by atoms with Crippen LogP contribution in [0.2, 0.25) is 0 Å². The van der Waals surface area contributed by atoms with Crippen molar-refractivity contribution in [2.75, 3.05) is 43.4 Å². The lowest BCUT2D eigenvalue weighted by Crippen LogP contribution is -2.44. The molecule has 1 aliphatic rings. The lowest BCUT2D eigenvalue weighted by Gasteiger charge is -2.32. The molecule has 1 N–H and O–H groups in total. The third-order valence-corrected chi connectivity index (χ3v) is 5.71. The van der Waals surface area contributed by atoms with Gasteiger partial charge in [-0.05, 0) is 42.8 Å². The molecule has 0 saturated carbocycles. The van der Waals surface area contributed by atoms with E-state index in [1.807, 2.05) is 53.9 Å². The average molecular weight is 394 g/mol. The van der Waals surface area contributed by atoms with Crippen molar-refractivity contribution in [2.45, 2.75) is 6.42 Å². The quantitative estimate of drug-likeness (QED) is 0.722. The summed E-state index contributed by atoms with van der Waals surface area (Å²) in [6.07, 6.45) is 0.390. The van der Waals surface area contributed by atoms with E-state index in [0.29, 0.717) is 6.42 Å². The Morgan fingerprint density at radius 2 is 1.93 bits per heavy atom. The first-order chi connectivity index (χ1) is 13.7. The molecule has 1 aromatic carbocycles. The first kappa shape index (κ1) is 18.6. The van der Waals surface area contributed by atoms with Gasteiger partial charge in [0.25, 0.3) is 0 Å². The summed E-state index contributed by atoms with van der Waals surface area (Å²) in [5.41, 5.74) is 2.50. The van der Waals surface area contributed by atoms with Crippen LogP contribution in [0.5, 0.6) is 0 Å². The predicted octanol–water partition coefficient (Wildman–Crippen LogP) is 3.14. The molecule has 3 aromatic rings. The fourth-order valence-corrected chi connectivity index (χ4v) is 3.92. The maximum atomic E-state index is 12.2. The van der Waals surface area contributed by atoms with E-state index in [4.69, 9.17) is 0 Å². The molecular formula is C21H23N5OS. The number of rotatable bonds is 5. The number of nitrogens with zero attached hydrogens (tertiary/aromatic N) is 4. The SMILES string of the molecule is CN1CCN(c2ccc(-c3cccc(NC(=O)Cc4cccs4)c3)nn2)CC1. The monoisotopic (exact) mass is 393 g/mol. The predicted molar refractivity (Wildman–Crippen MR) is 114 cm³/mol. The van der Waals surface area contributed by atoms with Gasteiger partial charge >= 0.3 is 0 Å². The van der Waals surface area contributed by atoms with Gasteiger partial charge in [0.05, 0.1) is 12.1 Å². The second-order valence-electron chi connectivity index (χ2n) is 6.95. The zero-order chi connectivity index (χ0) is 19.3. The van der Waals surface area contributed by atoms with Gasteiger partial charge in [-0.1, -0.05) is 18.2 Å². The van der Waals surface area contributed by atoms with Gasteiger partial charge in [0.15, 0.2) is 5.82 Å². The van der Waals surface area contributed by atoms with E-state index in [0.717, 1.165) is 53.8 Å². The van der Waals surface area contributed by atoms with Crippen LogP contribution in [0.1, 0.15) is 4.88 Å². The van der Waals surface area contributed by atoms with E-state index < -0.39 is 0 Å². The summed E-state index contributed by atoms with van der Waals surface area (Å²) in [5.74, 6) is 0.897. The van der Waals surface area contributed by atoms with Crippen molar-refractivity contribution in [3.8, 4) is 11.3 Å². The number of benzene rings is 1. The van der Waals surface area contributed by atoms with Gasteiger partial charge in [-0.25, -0.2) is 0 Å². The van der Waals surface area contributed by atoms with Crippen LogP contribution in [0.3, 0.4) is 0 Å². The molecule has 3 heterocycles. The molecule has 1 fully saturated rings. The molecule has 1 aliphatic heterocycles. The van der Waals surface area contributed by atoms with E-state index in [-0.39, 0.29) is 5.91 Å². The summed E-state index contributed by atoms with van der Waals surface area (Å²) < 4.78 is 0. The molecule has 4 rings (SSSR count). The minimum absolute atomic E-state index is 0.0175. The number of nitrogens with one attached hydrogen (secondary N) is 1. The van der Waals surface area contributed by atoms with E-state index in [1.165, 1.54) is 0 Å². The third kappa shape index (κ3) is 4.55. The van der Waals surface area contributed by atoms with E-state index in [2.05, 4.69) is 32.4 Å². The highest BCUT2D eigenvalue weighted by Gasteiger charge is 2.15. The summed E-state index contributed by atoms with van der Waals surface area (Å²) in [7, 11) is 2.14. The van der Waals surface area contributed by atoms with Crippen LogP contribution in [0, 0.1) is 0 Å². The summed E-state index contributed by atoms with van der Waals surface area (Å²) in [4.78, 5) is 17.9. The number of hydrogen-bond acceptors (Lipinski definition) is 6. The highest BCUT2D eigenvalue weighted by Crippen LogP contribution is 2.22. The number of amides is 1. The fraction of sp³-hybridized carbons (Fsp3) is 0.286. The molecule has 2 aromatic heterocycles. The van der Waals surface area contributed by atoms with Crippen LogP contribution in [-0.2, 0) is 11.2 Å². The van der Waals surface area contributed by atoms with Gasteiger partial charge in [0.2, 0.25) is 5.91 Å². The van der Waals surface area contributed by atoms with E-state index >= 15 is 0 Å². The Bertz CT molecular complexity index is 918. The number of piperazine rings is 1. The highest BCUT2D eigenvalue weighted by atomic mass is 32.1. The van der Waals surface area contributed by atoms with Crippen LogP contribution in [0.4, 0.5) is 11.5 Å². The molecule has 7 heteroatoms.